The summed E-state index contributed by atoms with van der Waals surface area (Å²) in [6.07, 6.45) is 6.94. The average Bonchev–Trinajstić information content (AvgIpc) is 3.71. The first kappa shape index (κ1) is 28.9. The van der Waals surface area contributed by atoms with Gasteiger partial charge in [-0.1, -0.05) is 61.1 Å². The van der Waals surface area contributed by atoms with Crippen molar-refractivity contribution in [2.75, 3.05) is 0 Å². The van der Waals surface area contributed by atoms with Gasteiger partial charge in [-0.05, 0) is 114 Å². The van der Waals surface area contributed by atoms with Gasteiger partial charge in [-0.25, -0.2) is 9.97 Å². The standard InChI is InChI=1S/C36H46N4O/c1-9-20-22(11-3)30-18-32-24(13-5)26(15-7)34(39-32)36(41)35-27(16-8)25(14-6)33(40-35)19-31-23(12-4)21(10-2)29(38-31)17-28(20)37-30/h17-19,37-38,41H,9-16H2,1-8H3/p-1. The van der Waals surface area contributed by atoms with Gasteiger partial charge in [-0.2, -0.15) is 0 Å². The number of fused-ring (bicyclic) bond motifs is 8. The molecule has 216 valence electrons. The lowest BCUT2D eigenvalue weighted by Gasteiger charge is -2.15. The molecule has 0 radical (unpaired) electrons. The van der Waals surface area contributed by atoms with Crippen LogP contribution in [0, 0.1) is 0 Å². The Morgan fingerprint density at radius 2 is 0.780 bits per heavy atom. The Hall–Kier alpha value is -3.60. The van der Waals surface area contributed by atoms with Crippen LogP contribution in [0.15, 0.2) is 18.2 Å². The Balaban J connectivity index is 2.07. The summed E-state index contributed by atoms with van der Waals surface area (Å²) in [5.74, 6) is -0.0444. The number of nitrogens with one attached hydrogen (secondary N) is 2. The van der Waals surface area contributed by atoms with Crippen LogP contribution in [0.1, 0.15) is 126 Å². The highest BCUT2D eigenvalue weighted by Gasteiger charge is 2.24. The van der Waals surface area contributed by atoms with Crippen molar-refractivity contribution in [3.05, 3.63) is 63.2 Å². The highest BCUT2D eigenvalue weighted by molar-refractivity contribution is 5.98. The van der Waals surface area contributed by atoms with Gasteiger partial charge >= 0.3 is 0 Å². The van der Waals surface area contributed by atoms with Crippen molar-refractivity contribution in [1.29, 1.82) is 0 Å². The monoisotopic (exact) mass is 549 g/mol. The van der Waals surface area contributed by atoms with Gasteiger partial charge in [0, 0.05) is 22.1 Å². The van der Waals surface area contributed by atoms with Gasteiger partial charge in [0.25, 0.3) is 0 Å². The number of aromatic nitrogens is 4. The summed E-state index contributed by atoms with van der Waals surface area (Å²) in [7, 11) is 0. The molecule has 0 fully saturated rings. The third-order valence-electron chi connectivity index (χ3n) is 9.06. The predicted molar refractivity (Wildman–Crippen MR) is 173 cm³/mol. The van der Waals surface area contributed by atoms with E-state index in [1.807, 2.05) is 0 Å². The number of hydrogen-bond donors (Lipinski definition) is 2. The summed E-state index contributed by atoms with van der Waals surface area (Å²) in [4.78, 5) is 17.7. The minimum Gasteiger partial charge on any atom is -0.870 e. The highest BCUT2D eigenvalue weighted by Crippen LogP contribution is 2.43. The summed E-state index contributed by atoms with van der Waals surface area (Å²) >= 11 is 0. The molecule has 2 aliphatic rings. The maximum absolute atomic E-state index is 14.3. The lowest BCUT2D eigenvalue weighted by Crippen LogP contribution is -2.00. The second-order valence-corrected chi connectivity index (χ2v) is 11.0. The maximum Gasteiger partial charge on any atom is 0.0692 e. The van der Waals surface area contributed by atoms with Crippen LogP contribution in [-0.2, 0) is 25.7 Å². The number of hydrogen-bond acceptors (Lipinski definition) is 3. The van der Waals surface area contributed by atoms with Gasteiger partial charge < -0.3 is 15.1 Å². The van der Waals surface area contributed by atoms with Crippen molar-refractivity contribution in [3.8, 4) is 5.75 Å². The smallest absolute Gasteiger partial charge is 0.0692 e. The van der Waals surface area contributed by atoms with Gasteiger partial charge in [0.05, 0.1) is 22.8 Å². The van der Waals surface area contributed by atoms with E-state index in [1.165, 1.54) is 33.4 Å². The first-order valence-corrected chi connectivity index (χ1v) is 15.8. The molecule has 0 saturated carbocycles. The fourth-order valence-corrected chi connectivity index (χ4v) is 7.15. The van der Waals surface area contributed by atoms with E-state index in [4.69, 9.17) is 9.97 Å². The molecule has 0 aromatic carbocycles. The minimum atomic E-state index is -0.0444. The highest BCUT2D eigenvalue weighted by atomic mass is 16.3. The lowest BCUT2D eigenvalue weighted by molar-refractivity contribution is -0.269. The summed E-state index contributed by atoms with van der Waals surface area (Å²) < 4.78 is 0. The zero-order chi connectivity index (χ0) is 29.4. The molecule has 3 aromatic heterocycles. The van der Waals surface area contributed by atoms with Gasteiger partial charge in [0.2, 0.25) is 0 Å². The van der Waals surface area contributed by atoms with Crippen LogP contribution in [0.3, 0.4) is 0 Å². The van der Waals surface area contributed by atoms with Crippen LogP contribution < -0.4 is 5.11 Å². The van der Waals surface area contributed by atoms with Gasteiger partial charge in [-0.3, -0.25) is 0 Å². The second-order valence-electron chi connectivity index (χ2n) is 11.0. The Bertz CT molecular complexity index is 1600. The van der Waals surface area contributed by atoms with E-state index < -0.39 is 0 Å². The molecule has 41 heavy (non-hydrogen) atoms. The molecule has 0 spiro atoms. The molecule has 0 amide bonds. The van der Waals surface area contributed by atoms with E-state index in [0.717, 1.165) is 96.0 Å². The SMILES string of the molecule is CCC1=C(CC)c2nc1cc1[nH]c(cc3[nH]c(cc4nc(c2[O-])C(CC)=C4CC)c(CC)c3CC)c(CC)c1CC. The second kappa shape index (κ2) is 11.7. The molecule has 0 saturated heterocycles. The van der Waals surface area contributed by atoms with Crippen molar-refractivity contribution < 1.29 is 5.11 Å². The van der Waals surface area contributed by atoms with Crippen LogP contribution in [0.5, 0.6) is 5.75 Å². The molecule has 0 unspecified atom stereocenters. The molecule has 5 nitrogen and oxygen atoms in total. The Morgan fingerprint density at radius 1 is 0.463 bits per heavy atom. The van der Waals surface area contributed by atoms with E-state index in [2.05, 4.69) is 83.6 Å². The number of rotatable bonds is 8. The Kier molecular flexibility index (Phi) is 8.26. The van der Waals surface area contributed by atoms with Crippen molar-refractivity contribution in [2.24, 2.45) is 0 Å². The first-order chi connectivity index (χ1) is 19.9. The van der Waals surface area contributed by atoms with Crippen molar-refractivity contribution in [1.82, 2.24) is 19.9 Å². The number of aryl methyl sites for hydroxylation is 4. The zero-order valence-corrected chi connectivity index (χ0v) is 26.2. The third-order valence-corrected chi connectivity index (χ3v) is 9.06. The molecule has 2 N–H and O–H groups in total. The fraction of sp³-hybridized carbons (Fsp3) is 0.444. The normalized spacial score (nSPS) is 13.6. The molecule has 5 heteroatoms. The molecular weight excluding hydrogens is 504 g/mol. The van der Waals surface area contributed by atoms with Crippen molar-refractivity contribution in [2.45, 2.75) is 107 Å². The van der Waals surface area contributed by atoms with Crippen molar-refractivity contribution in [3.63, 3.8) is 0 Å². The zero-order valence-electron chi connectivity index (χ0n) is 26.2. The van der Waals surface area contributed by atoms with Crippen LogP contribution in [0.25, 0.3) is 44.4 Å². The summed E-state index contributed by atoms with van der Waals surface area (Å²) in [5.41, 5.74) is 17.3. The molecule has 5 heterocycles. The quantitative estimate of drug-likeness (QED) is 0.294. The van der Waals surface area contributed by atoms with E-state index in [0.29, 0.717) is 11.4 Å². The Labute approximate surface area is 244 Å². The first-order valence-electron chi connectivity index (χ1n) is 15.8. The third kappa shape index (κ3) is 4.64. The predicted octanol–water partition coefficient (Wildman–Crippen LogP) is 9.10. The fourth-order valence-electron chi connectivity index (χ4n) is 7.15. The molecule has 5 rings (SSSR count). The van der Waals surface area contributed by atoms with Crippen LogP contribution >= 0.6 is 0 Å². The molecule has 3 aromatic rings. The molecule has 2 aliphatic heterocycles. The van der Waals surface area contributed by atoms with E-state index in [-0.39, 0.29) is 5.75 Å². The maximum atomic E-state index is 14.3. The van der Waals surface area contributed by atoms with Crippen LogP contribution in [-0.4, -0.2) is 19.9 Å². The Morgan fingerprint density at radius 3 is 1.07 bits per heavy atom. The molecule has 0 atom stereocenters. The lowest BCUT2D eigenvalue weighted by atomic mass is 9.97. The van der Waals surface area contributed by atoms with Crippen LogP contribution in [0.2, 0.25) is 0 Å². The summed E-state index contributed by atoms with van der Waals surface area (Å²) in [6, 6.07) is 6.68. The van der Waals surface area contributed by atoms with E-state index in [9.17, 15) is 5.11 Å². The van der Waals surface area contributed by atoms with Crippen LogP contribution in [0.4, 0.5) is 0 Å². The average molecular weight is 550 g/mol. The van der Waals surface area contributed by atoms with E-state index in [1.54, 1.807) is 0 Å². The largest absolute Gasteiger partial charge is 0.870 e. The van der Waals surface area contributed by atoms with Crippen molar-refractivity contribution >= 4 is 44.4 Å². The minimum absolute atomic E-state index is 0.0444. The summed E-state index contributed by atoms with van der Waals surface area (Å²) in [6.45, 7) is 17.5. The van der Waals surface area contributed by atoms with Gasteiger partial charge in [-0.15, -0.1) is 0 Å². The molecule has 8 bridgehead atoms. The molecule has 0 aliphatic carbocycles. The van der Waals surface area contributed by atoms with E-state index >= 15 is 0 Å². The van der Waals surface area contributed by atoms with Gasteiger partial charge in [0.1, 0.15) is 0 Å². The number of H-pyrrole nitrogens is 2. The molecular formula is C36H45N4O-. The topological polar surface area (TPSA) is 80.4 Å². The number of nitrogens with zero attached hydrogens (tertiary/aromatic N) is 2. The van der Waals surface area contributed by atoms with Gasteiger partial charge in [0.15, 0.2) is 0 Å². The summed E-state index contributed by atoms with van der Waals surface area (Å²) in [5, 5.41) is 14.3. The number of aromatic amines is 2. The number of allylic oxidation sites excluding steroid dienone is 4.